The number of phenolic OH excluding ortho intramolecular Hbond substituents is 1. The van der Waals surface area contributed by atoms with Crippen molar-refractivity contribution in [1.82, 2.24) is 58.8 Å². The standard InChI is InChI=1S/C28H34FN5O2.C27H27F2N5O4.C27H29N5O3.C25H29F2N7O3/c1-2-19-3-7-21(8-4-19)28(29)17-33(18-28)22-9-11-27(12-10-22,13-14-30)34-16-23(26(31)36)24(32-34)15-25(35)20-5-6-20;1-38-23(35)13-21-20(26(31)37)15-34(32-21)27(9-11-30)10-12-33(16-22(27)28)14-18-7-8-19(25(36)24(18)29)17-5-3-2-4-6-17;1-35-25(33)17-24-23(26(29)34)18-32(31-24)27(15-16-28)13-11-22(12-14-27)30-21-9-7-20(8-10-21)19-5-3-2-4-6-19;1-37-24(36)31-23-18(22(29)35)14-34(32-23)25(9-11-28)10-12-33(15-20(25)26)13-17-7-8-19(30-21(17)27)16-5-3-2-4-6-16/h3-4,7-8,16,20,22H,2,5-6,9-13,15,17-18H2,1H3,(H2,31,36);2-8,15,22,36H,9-10,12-14,16H2,1H3,(H2,31,37);2-10,18,22,30H,11-15,17H2,1H3,(H2,29,34);5,7-8,14,20H,2-4,6,9-10,12-13,15H2,1H3,(H2,29,35)(H,31,32,36). The number of hydrogen-bond acceptors (Lipinski definition) is 25. The zero-order valence-electron chi connectivity index (χ0n) is 81.9. The lowest BCUT2D eigenvalue weighted by Crippen LogP contribution is -2.61. The number of primary amides is 4. The fourth-order valence-electron chi connectivity index (χ4n) is 20.4. The molecule has 5 aromatic carbocycles. The van der Waals surface area contributed by atoms with E-state index in [4.69, 9.17) is 27.7 Å². The first-order valence-electron chi connectivity index (χ1n) is 48.8. The molecule has 4 unspecified atom stereocenters. The van der Waals surface area contributed by atoms with Gasteiger partial charge in [-0.15, -0.1) is 0 Å². The Morgan fingerprint density at radius 1 is 0.527 bits per heavy atom. The van der Waals surface area contributed by atoms with E-state index in [1.165, 1.54) is 52.7 Å². The number of esters is 2. The number of nitrogens with two attached hydrogens (primary N) is 4. The summed E-state index contributed by atoms with van der Waals surface area (Å²) in [5, 5.41) is 72.2. The van der Waals surface area contributed by atoms with Crippen molar-refractivity contribution in [3.05, 3.63) is 243 Å². The number of amides is 5. The van der Waals surface area contributed by atoms with Gasteiger partial charge in [-0.2, -0.15) is 45.8 Å². The Hall–Kier alpha value is -15.3. The summed E-state index contributed by atoms with van der Waals surface area (Å²) in [5.41, 5.74) is 26.4. The molecule has 4 atom stereocenters. The summed E-state index contributed by atoms with van der Waals surface area (Å²) in [4.78, 5) is 105. The number of hydrogen-bond donors (Lipinski definition) is 7. The van der Waals surface area contributed by atoms with Crippen molar-refractivity contribution >= 4 is 64.5 Å². The van der Waals surface area contributed by atoms with Crippen LogP contribution in [0.25, 0.3) is 27.8 Å². The number of carbonyl (C=O) groups is 8. The van der Waals surface area contributed by atoms with Crippen LogP contribution in [0.2, 0.25) is 0 Å². The van der Waals surface area contributed by atoms with Crippen LogP contribution in [0.4, 0.5) is 38.3 Å². The molecule has 8 heterocycles. The number of phenols is 1. The van der Waals surface area contributed by atoms with Gasteiger partial charge in [0.15, 0.2) is 23.1 Å². The number of anilines is 2. The maximum Gasteiger partial charge on any atom is 0.412 e. The van der Waals surface area contributed by atoms with E-state index in [9.17, 15) is 68.9 Å². The van der Waals surface area contributed by atoms with Gasteiger partial charge in [-0.25, -0.2) is 27.3 Å². The average Bonchev–Trinajstić information content (AvgIpc) is 0.857. The van der Waals surface area contributed by atoms with Crippen molar-refractivity contribution in [3.8, 4) is 52.3 Å². The molecular formula is C107H119F5N22O12. The molecule has 3 saturated carbocycles. The van der Waals surface area contributed by atoms with Crippen LogP contribution in [-0.2, 0) is 95.2 Å². The highest BCUT2D eigenvalue weighted by atomic mass is 19.2. The van der Waals surface area contributed by atoms with Gasteiger partial charge in [0.25, 0.3) is 23.6 Å². The zero-order chi connectivity index (χ0) is 104. The molecule has 0 radical (unpaired) electrons. The molecule has 0 bridgehead atoms. The molecule has 7 aliphatic rings. The summed E-state index contributed by atoms with van der Waals surface area (Å²) in [6.45, 7) is 3.41. The fraction of sp³-hybridized carbons (Fsp3) is 0.430. The van der Waals surface area contributed by atoms with Crippen molar-refractivity contribution in [2.75, 3.05) is 71.2 Å². The lowest BCUT2D eigenvalue weighted by atomic mass is 9.75. The summed E-state index contributed by atoms with van der Waals surface area (Å²) in [6.07, 6.45) is 16.5. The van der Waals surface area contributed by atoms with Crippen LogP contribution in [0.5, 0.6) is 5.75 Å². The molecule has 146 heavy (non-hydrogen) atoms. The Morgan fingerprint density at radius 2 is 1.01 bits per heavy atom. The number of benzene rings is 5. The number of aryl methyl sites for hydroxylation is 1. The van der Waals surface area contributed by atoms with Gasteiger partial charge in [0, 0.05) is 118 Å². The third-order valence-corrected chi connectivity index (χ3v) is 29.3. The van der Waals surface area contributed by atoms with Gasteiger partial charge >= 0.3 is 18.0 Å². The van der Waals surface area contributed by atoms with E-state index >= 15 is 17.6 Å². The number of pyridine rings is 1. The maximum atomic E-state index is 15.9. The lowest BCUT2D eigenvalue weighted by Gasteiger charge is -2.51. The second-order valence-electron chi connectivity index (χ2n) is 38.5. The van der Waals surface area contributed by atoms with Gasteiger partial charge in [0.1, 0.15) is 34.8 Å². The normalized spacial score (nSPS) is 21.7. The van der Waals surface area contributed by atoms with E-state index in [2.05, 4.69) is 112 Å². The largest absolute Gasteiger partial charge is 0.504 e. The molecule has 3 saturated heterocycles. The monoisotopic (exact) mass is 2000 g/mol. The molecule has 4 aliphatic carbocycles. The van der Waals surface area contributed by atoms with Crippen LogP contribution >= 0.6 is 0 Å². The van der Waals surface area contributed by atoms with E-state index in [0.29, 0.717) is 73.4 Å². The second-order valence-corrected chi connectivity index (χ2v) is 38.5. The number of piperidine rings is 2. The van der Waals surface area contributed by atoms with Gasteiger partial charge in [-0.1, -0.05) is 128 Å². The van der Waals surface area contributed by atoms with Gasteiger partial charge < -0.3 is 47.6 Å². The molecule has 6 fully saturated rings. The average molecular weight is 2000 g/mol. The summed E-state index contributed by atoms with van der Waals surface area (Å²) in [5.74, 6) is -5.99. The number of nitrogens with zero attached hydrogens (tertiary/aromatic N) is 16. The number of alkyl halides is 3. The first-order valence-corrected chi connectivity index (χ1v) is 48.8. The lowest BCUT2D eigenvalue weighted by molar-refractivity contribution is -0.140. The predicted octanol–water partition coefficient (Wildman–Crippen LogP) is 14.4. The Labute approximate surface area is 841 Å². The van der Waals surface area contributed by atoms with Crippen LogP contribution < -0.4 is 33.6 Å². The van der Waals surface area contributed by atoms with Gasteiger partial charge in [0.2, 0.25) is 5.95 Å². The maximum absolute atomic E-state index is 15.9. The molecule has 17 rings (SSSR count). The van der Waals surface area contributed by atoms with Gasteiger partial charge in [-0.05, 0) is 161 Å². The number of allylic oxidation sites excluding steroid dienone is 2. The Morgan fingerprint density at radius 3 is 1.49 bits per heavy atom. The Balaban J connectivity index is 0.000000154. The van der Waals surface area contributed by atoms with Crippen molar-refractivity contribution in [3.63, 3.8) is 0 Å². The highest BCUT2D eigenvalue weighted by Crippen LogP contribution is 2.48. The van der Waals surface area contributed by atoms with Crippen LogP contribution in [0.1, 0.15) is 222 Å². The minimum atomic E-state index is -1.62. The topological polar surface area (TPSA) is 502 Å². The van der Waals surface area contributed by atoms with Crippen LogP contribution in [0.15, 0.2) is 164 Å². The smallest absolute Gasteiger partial charge is 0.412 e. The molecule has 39 heteroatoms. The number of rotatable bonds is 32. The minimum Gasteiger partial charge on any atom is -0.504 e. The van der Waals surface area contributed by atoms with E-state index < -0.39 is 99.3 Å². The summed E-state index contributed by atoms with van der Waals surface area (Å²) in [7, 11) is 3.61. The second kappa shape index (κ2) is 47.0. The number of ketones is 1. The molecule has 0 spiro atoms. The number of ether oxygens (including phenoxy) is 3. The summed E-state index contributed by atoms with van der Waals surface area (Å²) in [6, 6.07) is 51.2. The first-order chi connectivity index (χ1) is 70.2. The third-order valence-electron chi connectivity index (χ3n) is 29.3. The molecule has 5 aromatic heterocycles. The number of carbonyl (C=O) groups excluding carboxylic acids is 8. The molecule has 3 aliphatic heterocycles. The highest BCUT2D eigenvalue weighted by Gasteiger charge is 2.52. The van der Waals surface area contributed by atoms with Crippen LogP contribution in [0.3, 0.4) is 0 Å². The molecule has 10 aromatic rings. The number of methoxy groups -OCH3 is 3. The number of likely N-dealkylation sites (tertiary alicyclic amines) is 3. The van der Waals surface area contributed by atoms with Crippen molar-refractivity contribution in [2.45, 2.75) is 226 Å². The van der Waals surface area contributed by atoms with Crippen LogP contribution in [-0.4, -0.2) is 196 Å². The highest BCUT2D eigenvalue weighted by molar-refractivity contribution is 6.01. The van der Waals surface area contributed by atoms with E-state index in [1.54, 1.807) is 80.1 Å². The molecule has 34 nitrogen and oxygen atoms in total. The van der Waals surface area contributed by atoms with Gasteiger partial charge in [0.05, 0.1) is 141 Å². The predicted molar refractivity (Wildman–Crippen MR) is 529 cm³/mol. The molecule has 764 valence electrons. The number of nitrogens with one attached hydrogen (secondary N) is 2. The van der Waals surface area contributed by atoms with E-state index in [-0.39, 0.29) is 159 Å². The number of nitriles is 4. The third kappa shape index (κ3) is 24.3. The van der Waals surface area contributed by atoms with E-state index in [0.717, 1.165) is 94.6 Å². The van der Waals surface area contributed by atoms with Crippen molar-refractivity contribution in [2.24, 2.45) is 28.9 Å². The minimum absolute atomic E-state index is 0.0346. The first kappa shape index (κ1) is 106. The fourth-order valence-corrected chi connectivity index (χ4v) is 20.4. The molecule has 5 amide bonds. The quantitative estimate of drug-likeness (QED) is 0.00891. The van der Waals surface area contributed by atoms with E-state index in [1.807, 2.05) is 60.7 Å². The van der Waals surface area contributed by atoms with Crippen LogP contribution in [0, 0.1) is 63.0 Å². The summed E-state index contributed by atoms with van der Waals surface area (Å²) < 4.78 is 96.8. The SMILES string of the molecule is CCc1ccc(C2(F)CN(C3CCC(CC#N)(n4cc(C(N)=O)c(CC(=O)C5CC5)n4)CC3)C2)cc1.COC(=O)Cc1nn(C2(CC#N)CCC(Nc3ccc(-c4ccccc4)cc3)CC2)cc1C(N)=O.COC(=O)Cc1nn(C2(CC#N)CCN(Cc3ccc(-c4ccccc4)c(O)c3F)CC2F)cc1C(N)=O.COC(=O)Nc1nn(C2(CC#N)CCN(Cc3ccc(C4=CCCCC4)nc3F)CC2F)cc1C(N)=O. The van der Waals surface area contributed by atoms with Gasteiger partial charge in [-0.3, -0.25) is 72.3 Å². The number of halogens is 5. The molecular weight excluding hydrogens is 1880 g/mol. The Kier molecular flexibility index (Phi) is 34.3. The summed E-state index contributed by atoms with van der Waals surface area (Å²) >= 11 is 0. The van der Waals surface area contributed by atoms with Crippen molar-refractivity contribution < 1.29 is 79.6 Å². The Bertz CT molecular complexity index is 6620. The number of aromatic hydroxyl groups is 1. The molecule has 11 N–H and O–H groups in total. The zero-order valence-corrected chi connectivity index (χ0v) is 81.9. The number of aromatic nitrogens is 9. The van der Waals surface area contributed by atoms with Crippen molar-refractivity contribution in [1.29, 1.82) is 21.0 Å². The number of Topliss-reactive ketones (excluding diaryl/α,β-unsaturated/α-hetero) is 1.